The van der Waals surface area contributed by atoms with E-state index >= 15 is 0 Å². The number of sulfonamides is 1. The van der Waals surface area contributed by atoms with Gasteiger partial charge in [-0.2, -0.15) is 0 Å². The van der Waals surface area contributed by atoms with Crippen molar-refractivity contribution in [3.63, 3.8) is 0 Å². The molecule has 2 aromatic rings. The maximum atomic E-state index is 13.1. The number of nitrogens with zero attached hydrogens (tertiary/aromatic N) is 1. The summed E-state index contributed by atoms with van der Waals surface area (Å²) in [5.41, 5.74) is 1.81. The second-order valence-electron chi connectivity index (χ2n) is 9.31. The molecule has 2 N–H and O–H groups in total. The van der Waals surface area contributed by atoms with Crippen LogP contribution in [0, 0.1) is 11.8 Å². The number of nitrogens with one attached hydrogen (secondary N) is 2. The summed E-state index contributed by atoms with van der Waals surface area (Å²) in [6.45, 7) is 7.72. The monoisotopic (exact) mass is 485 g/mol. The van der Waals surface area contributed by atoms with Gasteiger partial charge in [0.2, 0.25) is 5.91 Å². The summed E-state index contributed by atoms with van der Waals surface area (Å²) < 4.78 is 28.2. The average Bonchev–Trinajstić information content (AvgIpc) is 2.82. The topological polar surface area (TPSA) is 95.6 Å². The Morgan fingerprint density at radius 3 is 2.53 bits per heavy atom. The summed E-state index contributed by atoms with van der Waals surface area (Å²) in [5.74, 6) is -0.0797. The fourth-order valence-corrected chi connectivity index (χ4v) is 5.11. The number of piperidine rings is 1. The number of hydrogen-bond donors (Lipinski definition) is 2. The van der Waals surface area contributed by atoms with Crippen LogP contribution >= 0.6 is 0 Å². The molecule has 2 amide bonds. The summed E-state index contributed by atoms with van der Waals surface area (Å²) >= 11 is 0. The molecule has 3 rings (SSSR count). The van der Waals surface area contributed by atoms with Crippen LogP contribution in [0.5, 0.6) is 0 Å². The third kappa shape index (κ3) is 6.82. The van der Waals surface area contributed by atoms with Crippen molar-refractivity contribution < 1.29 is 18.0 Å². The highest BCUT2D eigenvalue weighted by Crippen LogP contribution is 2.22. The molecule has 8 heteroatoms. The van der Waals surface area contributed by atoms with E-state index in [4.69, 9.17) is 0 Å². The largest absolute Gasteiger partial charge is 0.356 e. The van der Waals surface area contributed by atoms with Crippen LogP contribution < -0.4 is 10.0 Å². The lowest BCUT2D eigenvalue weighted by Crippen LogP contribution is -2.46. The minimum absolute atomic E-state index is 0.0160. The minimum atomic E-state index is -3.77. The molecule has 0 spiro atoms. The van der Waals surface area contributed by atoms with Crippen LogP contribution in [0.2, 0.25) is 0 Å². The van der Waals surface area contributed by atoms with E-state index < -0.39 is 10.0 Å². The van der Waals surface area contributed by atoms with Crippen molar-refractivity contribution in [1.29, 1.82) is 0 Å². The Kier molecular flexibility index (Phi) is 8.72. The predicted molar refractivity (Wildman–Crippen MR) is 134 cm³/mol. The molecule has 0 aliphatic carbocycles. The van der Waals surface area contributed by atoms with Gasteiger partial charge >= 0.3 is 0 Å². The van der Waals surface area contributed by atoms with Gasteiger partial charge in [0.15, 0.2) is 0 Å². The van der Waals surface area contributed by atoms with Crippen molar-refractivity contribution in [3.8, 4) is 0 Å². The molecule has 0 aromatic heterocycles. The molecule has 34 heavy (non-hydrogen) atoms. The summed E-state index contributed by atoms with van der Waals surface area (Å²) in [5, 5.41) is 2.96. The van der Waals surface area contributed by atoms with E-state index in [1.54, 1.807) is 41.3 Å². The van der Waals surface area contributed by atoms with E-state index in [1.165, 1.54) is 0 Å². The molecule has 7 nitrogen and oxygen atoms in total. The fourth-order valence-electron chi connectivity index (χ4n) is 4.06. The number of carbonyl (C=O) groups excluding carboxylic acids is 2. The van der Waals surface area contributed by atoms with Gasteiger partial charge in [-0.25, -0.2) is 8.42 Å². The molecule has 1 aliphatic rings. The first kappa shape index (κ1) is 25.7. The van der Waals surface area contributed by atoms with Crippen LogP contribution in [-0.4, -0.2) is 44.8 Å². The lowest BCUT2D eigenvalue weighted by atomic mass is 9.96. The van der Waals surface area contributed by atoms with Crippen LogP contribution in [0.4, 0.5) is 5.69 Å². The number of carbonyl (C=O) groups is 2. The lowest BCUT2D eigenvalue weighted by Gasteiger charge is -2.32. The Morgan fingerprint density at radius 2 is 1.85 bits per heavy atom. The molecular formula is C26H35N3O4S. The van der Waals surface area contributed by atoms with Crippen molar-refractivity contribution in [1.82, 2.24) is 10.2 Å². The Labute approximate surface area is 203 Å². The maximum Gasteiger partial charge on any atom is 0.261 e. The minimum Gasteiger partial charge on any atom is -0.356 e. The zero-order valence-corrected chi connectivity index (χ0v) is 21.0. The van der Waals surface area contributed by atoms with Gasteiger partial charge in [-0.3, -0.25) is 14.3 Å². The number of hydrogen-bond acceptors (Lipinski definition) is 4. The van der Waals surface area contributed by atoms with Crippen molar-refractivity contribution in [2.45, 2.75) is 51.3 Å². The Bertz CT molecular complexity index is 1100. The summed E-state index contributed by atoms with van der Waals surface area (Å²) in [6, 6.07) is 13.3. The Balaban J connectivity index is 1.68. The van der Waals surface area contributed by atoms with E-state index in [0.29, 0.717) is 36.8 Å². The van der Waals surface area contributed by atoms with E-state index in [-0.39, 0.29) is 22.6 Å². The van der Waals surface area contributed by atoms with Crippen LogP contribution in [-0.2, 0) is 21.2 Å². The van der Waals surface area contributed by atoms with Gasteiger partial charge in [0.1, 0.15) is 0 Å². The molecular weight excluding hydrogens is 450 g/mol. The molecule has 184 valence electrons. The van der Waals surface area contributed by atoms with Crippen molar-refractivity contribution in [2.75, 3.05) is 24.4 Å². The quantitative estimate of drug-likeness (QED) is 0.560. The summed E-state index contributed by atoms with van der Waals surface area (Å²) in [4.78, 5) is 27.5. The molecule has 1 heterocycles. The van der Waals surface area contributed by atoms with Crippen LogP contribution in [0.15, 0.2) is 53.4 Å². The predicted octanol–water partition coefficient (Wildman–Crippen LogP) is 4.06. The maximum absolute atomic E-state index is 13.1. The third-order valence-corrected chi connectivity index (χ3v) is 7.30. The van der Waals surface area contributed by atoms with Gasteiger partial charge in [0.25, 0.3) is 15.9 Å². The van der Waals surface area contributed by atoms with Gasteiger partial charge in [-0.15, -0.1) is 0 Å². The molecule has 1 aliphatic heterocycles. The molecule has 0 saturated carbocycles. The SMILES string of the molecule is CCCc1ccc(S(=O)(=O)Nc2cccc(C(=O)N3CCC[C@H](C(=O)NCC(C)C)C3)c2)cc1. The van der Waals surface area contributed by atoms with Crippen LogP contribution in [0.1, 0.15) is 56.0 Å². The van der Waals surface area contributed by atoms with Crippen molar-refractivity contribution in [2.24, 2.45) is 11.8 Å². The summed E-state index contributed by atoms with van der Waals surface area (Å²) in [7, 11) is -3.77. The molecule has 1 atom stereocenters. The number of likely N-dealkylation sites (tertiary alicyclic amines) is 1. The van der Waals surface area contributed by atoms with Gasteiger partial charge < -0.3 is 10.2 Å². The number of amides is 2. The molecule has 1 fully saturated rings. The molecule has 0 unspecified atom stereocenters. The highest BCUT2D eigenvalue weighted by molar-refractivity contribution is 7.92. The highest BCUT2D eigenvalue weighted by atomic mass is 32.2. The first-order valence-corrected chi connectivity index (χ1v) is 13.5. The van der Waals surface area contributed by atoms with E-state index in [2.05, 4.69) is 17.0 Å². The van der Waals surface area contributed by atoms with Crippen LogP contribution in [0.3, 0.4) is 0 Å². The first-order valence-electron chi connectivity index (χ1n) is 12.0. The summed E-state index contributed by atoms with van der Waals surface area (Å²) in [6.07, 6.45) is 3.40. The van der Waals surface area contributed by atoms with Gasteiger partial charge in [-0.05, 0) is 61.1 Å². The first-order chi connectivity index (χ1) is 16.2. The normalized spacial score (nSPS) is 16.4. The third-order valence-electron chi connectivity index (χ3n) is 5.90. The zero-order chi connectivity index (χ0) is 24.7. The van der Waals surface area contributed by atoms with Gasteiger partial charge in [0.05, 0.1) is 10.8 Å². The van der Waals surface area contributed by atoms with Crippen LogP contribution in [0.25, 0.3) is 0 Å². The van der Waals surface area contributed by atoms with Gasteiger partial charge in [-0.1, -0.05) is 45.4 Å². The Hall–Kier alpha value is -2.87. The molecule has 1 saturated heterocycles. The van der Waals surface area contributed by atoms with Gasteiger partial charge in [0, 0.05) is 30.9 Å². The lowest BCUT2D eigenvalue weighted by molar-refractivity contribution is -0.126. The number of aryl methyl sites for hydroxylation is 1. The van der Waals surface area contributed by atoms with Crippen molar-refractivity contribution >= 4 is 27.5 Å². The second-order valence-corrected chi connectivity index (χ2v) is 11.0. The molecule has 0 radical (unpaired) electrons. The number of anilines is 1. The smallest absolute Gasteiger partial charge is 0.261 e. The number of benzene rings is 2. The van der Waals surface area contributed by atoms with E-state index in [0.717, 1.165) is 31.2 Å². The Morgan fingerprint density at radius 1 is 1.12 bits per heavy atom. The molecule has 0 bridgehead atoms. The highest BCUT2D eigenvalue weighted by Gasteiger charge is 2.29. The average molecular weight is 486 g/mol. The van der Waals surface area contributed by atoms with E-state index in [1.807, 2.05) is 26.0 Å². The second kappa shape index (κ2) is 11.5. The van der Waals surface area contributed by atoms with Crippen molar-refractivity contribution in [3.05, 3.63) is 59.7 Å². The fraction of sp³-hybridized carbons (Fsp3) is 0.462. The van der Waals surface area contributed by atoms with E-state index in [9.17, 15) is 18.0 Å². The molecule has 2 aromatic carbocycles. The zero-order valence-electron chi connectivity index (χ0n) is 20.2. The number of rotatable bonds is 9. The standard InChI is InChI=1S/C26H35N3O4S/c1-4-7-20-11-13-24(14-12-20)34(32,33)28-23-10-5-8-21(16-23)26(31)29-15-6-9-22(18-29)25(30)27-17-19(2)3/h5,8,10-14,16,19,22,28H,4,6-7,9,15,17-18H2,1-3H3,(H,27,30)/t22-/m0/s1.